The van der Waals surface area contributed by atoms with Gasteiger partial charge in [-0.3, -0.25) is 4.79 Å². The molecule has 0 radical (unpaired) electrons. The maximum atomic E-state index is 12.2. The maximum Gasteiger partial charge on any atom is 0.156 e. The van der Waals surface area contributed by atoms with Crippen molar-refractivity contribution in [1.82, 2.24) is 0 Å². The number of hydrogen-bond acceptors (Lipinski definition) is 1. The van der Waals surface area contributed by atoms with E-state index in [4.69, 9.17) is 0 Å². The zero-order valence-electron chi connectivity index (χ0n) is 18.3. The van der Waals surface area contributed by atoms with Crippen molar-refractivity contribution in [1.29, 1.82) is 0 Å². The highest BCUT2D eigenvalue weighted by Gasteiger charge is 2.59. The number of carbonyl (C=O) groups excluding carboxylic acids is 1. The fraction of sp³-hybridized carbons (Fsp3) is 0.808. The summed E-state index contributed by atoms with van der Waals surface area (Å²) in [6, 6.07) is 0. The Balaban J connectivity index is 1.72. The van der Waals surface area contributed by atoms with Crippen LogP contribution in [0.15, 0.2) is 23.3 Å². The van der Waals surface area contributed by atoms with Crippen LogP contribution in [0.3, 0.4) is 0 Å². The van der Waals surface area contributed by atoms with Gasteiger partial charge in [-0.15, -0.1) is 0 Å². The number of rotatable bonds is 4. The van der Waals surface area contributed by atoms with Crippen LogP contribution in [0.25, 0.3) is 0 Å². The number of allylic oxidation sites excluding steroid dienone is 4. The molecule has 4 unspecified atom stereocenters. The van der Waals surface area contributed by atoms with Crippen LogP contribution in [0.5, 0.6) is 0 Å². The molecular weight excluding hydrogens is 328 g/mol. The van der Waals surface area contributed by atoms with Gasteiger partial charge in [0.25, 0.3) is 0 Å². The van der Waals surface area contributed by atoms with Crippen molar-refractivity contribution in [2.45, 2.75) is 92.4 Å². The van der Waals surface area contributed by atoms with Gasteiger partial charge in [-0.05, 0) is 96.2 Å². The molecule has 1 nitrogen and oxygen atoms in total. The van der Waals surface area contributed by atoms with E-state index in [1.165, 1.54) is 49.7 Å². The third-order valence-corrected chi connectivity index (χ3v) is 9.59. The minimum atomic E-state index is 0.243. The Labute approximate surface area is 167 Å². The smallest absolute Gasteiger partial charge is 0.156 e. The summed E-state index contributed by atoms with van der Waals surface area (Å²) < 4.78 is 0. The average molecular weight is 369 g/mol. The Morgan fingerprint density at radius 3 is 2.59 bits per heavy atom. The van der Waals surface area contributed by atoms with Crippen LogP contribution < -0.4 is 0 Å². The van der Waals surface area contributed by atoms with Crippen LogP contribution in [-0.2, 0) is 4.79 Å². The topological polar surface area (TPSA) is 17.1 Å². The molecule has 0 amide bonds. The lowest BCUT2D eigenvalue weighted by Gasteiger charge is -2.57. The van der Waals surface area contributed by atoms with E-state index in [0.29, 0.717) is 11.2 Å². The molecule has 0 spiro atoms. The van der Waals surface area contributed by atoms with Crippen LogP contribution in [0.4, 0.5) is 0 Å². The quantitative estimate of drug-likeness (QED) is 0.516. The normalized spacial score (nSPS) is 44.7. The van der Waals surface area contributed by atoms with Crippen molar-refractivity contribution in [2.75, 3.05) is 0 Å². The molecular formula is C26H40O. The summed E-state index contributed by atoms with van der Waals surface area (Å²) in [5.74, 6) is 4.50. The molecule has 4 aliphatic carbocycles. The first kappa shape index (κ1) is 19.5. The molecule has 0 N–H and O–H groups in total. The Morgan fingerprint density at radius 2 is 1.89 bits per heavy atom. The lowest BCUT2D eigenvalue weighted by atomic mass is 9.47. The van der Waals surface area contributed by atoms with Gasteiger partial charge in [0.05, 0.1) is 0 Å². The minimum Gasteiger partial charge on any atom is -0.295 e. The Bertz CT molecular complexity index is 670. The second-order valence-corrected chi connectivity index (χ2v) is 10.8. The van der Waals surface area contributed by atoms with Crippen molar-refractivity contribution in [2.24, 2.45) is 40.4 Å². The lowest BCUT2D eigenvalue weighted by molar-refractivity contribution is -0.116. The van der Waals surface area contributed by atoms with Crippen LogP contribution in [0.2, 0.25) is 0 Å². The predicted molar refractivity (Wildman–Crippen MR) is 113 cm³/mol. The summed E-state index contributed by atoms with van der Waals surface area (Å²) in [6.07, 6.45) is 16.0. The van der Waals surface area contributed by atoms with Crippen molar-refractivity contribution < 1.29 is 4.79 Å². The molecule has 0 aromatic carbocycles. The molecule has 150 valence electrons. The number of ketones is 1. The highest BCUT2D eigenvalue weighted by atomic mass is 16.1. The van der Waals surface area contributed by atoms with Crippen molar-refractivity contribution in [3.63, 3.8) is 0 Å². The van der Waals surface area contributed by atoms with E-state index in [2.05, 4.69) is 40.7 Å². The molecule has 4 rings (SSSR count). The molecule has 2 fully saturated rings. The Kier molecular flexibility index (Phi) is 4.97. The highest BCUT2D eigenvalue weighted by Crippen LogP contribution is 2.67. The van der Waals surface area contributed by atoms with E-state index >= 15 is 0 Å². The van der Waals surface area contributed by atoms with Gasteiger partial charge >= 0.3 is 0 Å². The van der Waals surface area contributed by atoms with Gasteiger partial charge in [-0.2, -0.15) is 0 Å². The van der Waals surface area contributed by atoms with Gasteiger partial charge in [-0.25, -0.2) is 0 Å². The van der Waals surface area contributed by atoms with Crippen molar-refractivity contribution in [3.05, 3.63) is 23.3 Å². The standard InChI is InChI=1S/C26H40O/c1-6-8-17(3)21-9-10-22-20-15-18(7-2)24-16-19(27)11-13-26(24,5)23(20)12-14-25(21,22)4/h15-17,20-23H,6-14H2,1-5H3/t17-,20?,21?,22?,23?,25-,26-/m1/s1. The third-order valence-electron chi connectivity index (χ3n) is 9.59. The SMILES string of the molecule is CCC[C@@H](C)C1CCC2C3C=C(CC)C4=CC(=O)CC[C@]4(C)C3CC[C@@]21C. The zero-order valence-corrected chi connectivity index (χ0v) is 18.3. The number of hydrogen-bond donors (Lipinski definition) is 0. The summed E-state index contributed by atoms with van der Waals surface area (Å²) in [5, 5.41) is 0. The summed E-state index contributed by atoms with van der Waals surface area (Å²) in [4.78, 5) is 12.2. The molecule has 0 saturated heterocycles. The summed E-state index contributed by atoms with van der Waals surface area (Å²) >= 11 is 0. The van der Waals surface area contributed by atoms with E-state index in [9.17, 15) is 4.79 Å². The van der Waals surface area contributed by atoms with E-state index < -0.39 is 0 Å². The summed E-state index contributed by atoms with van der Waals surface area (Å²) in [5.41, 5.74) is 3.70. The average Bonchev–Trinajstić information content (AvgIpc) is 2.99. The van der Waals surface area contributed by atoms with Gasteiger partial charge in [0.15, 0.2) is 5.78 Å². The maximum absolute atomic E-state index is 12.2. The van der Waals surface area contributed by atoms with Gasteiger partial charge in [0.2, 0.25) is 0 Å². The largest absolute Gasteiger partial charge is 0.295 e. The van der Waals surface area contributed by atoms with E-state index in [0.717, 1.165) is 48.9 Å². The molecule has 7 atom stereocenters. The first-order chi connectivity index (χ1) is 12.8. The highest BCUT2D eigenvalue weighted by molar-refractivity contribution is 5.92. The monoisotopic (exact) mass is 368 g/mol. The lowest BCUT2D eigenvalue weighted by Crippen LogP contribution is -2.50. The Hall–Kier alpha value is -0.850. The minimum absolute atomic E-state index is 0.243. The predicted octanol–water partition coefficient (Wildman–Crippen LogP) is 7.13. The van der Waals surface area contributed by atoms with Gasteiger partial charge in [0.1, 0.15) is 0 Å². The zero-order chi connectivity index (χ0) is 19.4. The van der Waals surface area contributed by atoms with Gasteiger partial charge < -0.3 is 0 Å². The van der Waals surface area contributed by atoms with Crippen LogP contribution >= 0.6 is 0 Å². The van der Waals surface area contributed by atoms with Crippen LogP contribution in [-0.4, -0.2) is 5.78 Å². The van der Waals surface area contributed by atoms with Crippen LogP contribution in [0.1, 0.15) is 92.4 Å². The molecule has 0 heterocycles. The molecule has 27 heavy (non-hydrogen) atoms. The molecule has 0 bridgehead atoms. The number of carbonyl (C=O) groups is 1. The van der Waals surface area contributed by atoms with Gasteiger partial charge in [-0.1, -0.05) is 53.5 Å². The third kappa shape index (κ3) is 2.82. The number of fused-ring (bicyclic) bond motifs is 5. The second kappa shape index (κ2) is 6.89. The molecule has 0 aromatic heterocycles. The molecule has 2 saturated carbocycles. The van der Waals surface area contributed by atoms with Gasteiger partial charge in [0, 0.05) is 6.42 Å². The first-order valence-corrected chi connectivity index (χ1v) is 11.8. The first-order valence-electron chi connectivity index (χ1n) is 11.8. The van der Waals surface area contributed by atoms with Crippen molar-refractivity contribution in [3.8, 4) is 0 Å². The fourth-order valence-electron chi connectivity index (χ4n) is 8.19. The van der Waals surface area contributed by atoms with Crippen LogP contribution in [0, 0.1) is 40.4 Å². The van der Waals surface area contributed by atoms with E-state index in [-0.39, 0.29) is 5.41 Å². The molecule has 0 aromatic rings. The fourth-order valence-corrected chi connectivity index (χ4v) is 8.19. The molecule has 4 aliphatic rings. The summed E-state index contributed by atoms with van der Waals surface area (Å²) in [7, 11) is 0. The Morgan fingerprint density at radius 1 is 1.11 bits per heavy atom. The second-order valence-electron chi connectivity index (χ2n) is 10.8. The summed E-state index contributed by atoms with van der Waals surface area (Å²) in [6.45, 7) is 12.3. The van der Waals surface area contributed by atoms with Crippen molar-refractivity contribution >= 4 is 5.78 Å². The van der Waals surface area contributed by atoms with E-state index in [1.807, 2.05) is 6.08 Å². The molecule has 1 heteroatoms. The van der Waals surface area contributed by atoms with E-state index in [1.54, 1.807) is 0 Å². The molecule has 0 aliphatic heterocycles.